The molecule has 152 valence electrons. The number of rotatable bonds is 8. The van der Waals surface area contributed by atoms with Crippen molar-refractivity contribution >= 4 is 11.6 Å². The van der Waals surface area contributed by atoms with Crippen LogP contribution in [0.25, 0.3) is 0 Å². The number of benzene rings is 2. The third-order valence-corrected chi connectivity index (χ3v) is 5.36. The Morgan fingerprint density at radius 1 is 1.28 bits per heavy atom. The number of ether oxygens (including phenoxy) is 1. The van der Waals surface area contributed by atoms with E-state index in [9.17, 15) is 9.18 Å². The van der Waals surface area contributed by atoms with E-state index in [1.807, 2.05) is 18.2 Å². The number of likely N-dealkylation sites (tertiary alicyclic amines) is 1. The van der Waals surface area contributed by atoms with Crippen molar-refractivity contribution in [2.45, 2.75) is 31.7 Å². The number of anilines is 1. The van der Waals surface area contributed by atoms with Gasteiger partial charge in [-0.2, -0.15) is 5.26 Å². The highest BCUT2D eigenvalue weighted by atomic mass is 19.1. The number of carbonyl (C=O) groups is 1. The molecule has 2 aromatic carbocycles. The zero-order valence-electron chi connectivity index (χ0n) is 16.7. The molecule has 3 rings (SSSR count). The highest BCUT2D eigenvalue weighted by molar-refractivity contribution is 5.95. The van der Waals surface area contributed by atoms with E-state index in [1.54, 1.807) is 25.3 Å². The van der Waals surface area contributed by atoms with Gasteiger partial charge in [0.2, 0.25) is 5.91 Å². The van der Waals surface area contributed by atoms with E-state index in [2.05, 4.69) is 17.0 Å². The molecule has 6 heteroatoms. The largest absolute Gasteiger partial charge is 0.497 e. The van der Waals surface area contributed by atoms with Gasteiger partial charge in [-0.25, -0.2) is 4.39 Å². The van der Waals surface area contributed by atoms with Gasteiger partial charge in [-0.1, -0.05) is 24.3 Å². The van der Waals surface area contributed by atoms with Gasteiger partial charge in [0.25, 0.3) is 0 Å². The van der Waals surface area contributed by atoms with Crippen molar-refractivity contribution in [3.8, 4) is 11.8 Å². The molecule has 29 heavy (non-hydrogen) atoms. The van der Waals surface area contributed by atoms with Crippen LogP contribution in [0.1, 0.15) is 24.8 Å². The second-order valence-corrected chi connectivity index (χ2v) is 7.22. The molecule has 5 nitrogen and oxygen atoms in total. The number of amides is 1. The third kappa shape index (κ3) is 5.33. The number of hydrogen-bond acceptors (Lipinski definition) is 4. The molecule has 0 N–H and O–H groups in total. The number of carbonyl (C=O) groups excluding carboxylic acids is 1. The molecule has 0 radical (unpaired) electrons. The molecule has 1 amide bonds. The lowest BCUT2D eigenvalue weighted by atomic mass is 10.0. The summed E-state index contributed by atoms with van der Waals surface area (Å²) in [6.07, 6.45) is 3.08. The zero-order valence-corrected chi connectivity index (χ0v) is 16.7. The second-order valence-electron chi connectivity index (χ2n) is 7.22. The van der Waals surface area contributed by atoms with Crippen LogP contribution >= 0.6 is 0 Å². The van der Waals surface area contributed by atoms with E-state index in [1.165, 1.54) is 16.5 Å². The average Bonchev–Trinajstić information content (AvgIpc) is 3.16. The zero-order chi connectivity index (χ0) is 20.6. The minimum Gasteiger partial charge on any atom is -0.497 e. The number of halogens is 1. The van der Waals surface area contributed by atoms with Crippen LogP contribution in [0.3, 0.4) is 0 Å². The average molecular weight is 395 g/mol. The van der Waals surface area contributed by atoms with E-state index in [0.717, 1.165) is 31.6 Å². The minimum absolute atomic E-state index is 0.162. The van der Waals surface area contributed by atoms with Crippen molar-refractivity contribution in [2.24, 2.45) is 0 Å². The fourth-order valence-electron chi connectivity index (χ4n) is 3.84. The Bertz CT molecular complexity index is 863. The summed E-state index contributed by atoms with van der Waals surface area (Å²) < 4.78 is 19.5. The molecule has 0 spiro atoms. The molecule has 1 saturated heterocycles. The molecule has 1 aliphatic heterocycles. The Labute approximate surface area is 171 Å². The number of para-hydroxylation sites is 1. The molecular weight excluding hydrogens is 369 g/mol. The lowest BCUT2D eigenvalue weighted by molar-refractivity contribution is -0.120. The summed E-state index contributed by atoms with van der Waals surface area (Å²) in [7, 11) is 1.65. The van der Waals surface area contributed by atoms with Crippen LogP contribution in [0, 0.1) is 17.1 Å². The van der Waals surface area contributed by atoms with Crippen LogP contribution in [-0.2, 0) is 11.2 Å². The highest BCUT2D eigenvalue weighted by Crippen LogP contribution is 2.24. The first-order valence-corrected chi connectivity index (χ1v) is 9.91. The summed E-state index contributed by atoms with van der Waals surface area (Å²) >= 11 is 0. The molecule has 0 aromatic heterocycles. The Morgan fingerprint density at radius 3 is 2.72 bits per heavy atom. The van der Waals surface area contributed by atoms with Gasteiger partial charge >= 0.3 is 0 Å². The van der Waals surface area contributed by atoms with Gasteiger partial charge in [-0.15, -0.1) is 0 Å². The van der Waals surface area contributed by atoms with E-state index in [4.69, 9.17) is 10.00 Å². The Morgan fingerprint density at radius 2 is 2.03 bits per heavy atom. The van der Waals surface area contributed by atoms with Crippen molar-refractivity contribution in [3.63, 3.8) is 0 Å². The molecule has 1 atom stereocenters. The highest BCUT2D eigenvalue weighted by Gasteiger charge is 2.29. The van der Waals surface area contributed by atoms with Crippen molar-refractivity contribution in [2.75, 3.05) is 31.6 Å². The van der Waals surface area contributed by atoms with E-state index >= 15 is 0 Å². The minimum atomic E-state index is -0.449. The molecule has 0 unspecified atom stereocenters. The summed E-state index contributed by atoms with van der Waals surface area (Å²) in [6.45, 7) is 1.25. The fraction of sp³-hybridized carbons (Fsp3) is 0.391. The van der Waals surface area contributed by atoms with Crippen LogP contribution < -0.4 is 9.64 Å². The molecule has 1 fully saturated rings. The number of nitrogens with zero attached hydrogens (tertiary/aromatic N) is 3. The van der Waals surface area contributed by atoms with Crippen molar-refractivity contribution in [1.29, 1.82) is 5.26 Å². The standard InChI is InChI=1S/C23H26FN3O2/c1-29-20-11-9-18(10-12-20)16-19-6-4-14-26(19)17-23(28)27(15-5-13-25)22-8-3-2-7-21(22)24/h2-3,7-12,19H,4-6,14-17H2,1H3/t19-/m1/s1. The summed E-state index contributed by atoms with van der Waals surface area (Å²) in [5, 5.41) is 8.94. The molecule has 0 saturated carbocycles. The molecule has 2 aromatic rings. The summed E-state index contributed by atoms with van der Waals surface area (Å²) in [4.78, 5) is 16.6. The first-order valence-electron chi connectivity index (χ1n) is 9.91. The van der Waals surface area contributed by atoms with Gasteiger partial charge < -0.3 is 9.64 Å². The predicted molar refractivity (Wildman–Crippen MR) is 110 cm³/mol. The van der Waals surface area contributed by atoms with Crippen molar-refractivity contribution in [3.05, 3.63) is 59.9 Å². The predicted octanol–water partition coefficient (Wildman–Crippen LogP) is 3.79. The SMILES string of the molecule is COc1ccc(C[C@H]2CCCN2CC(=O)N(CCC#N)c2ccccc2F)cc1. The van der Waals surface area contributed by atoms with Crippen molar-refractivity contribution < 1.29 is 13.9 Å². The van der Waals surface area contributed by atoms with Gasteiger partial charge in [0.05, 0.1) is 31.8 Å². The lowest BCUT2D eigenvalue weighted by Crippen LogP contribution is -2.43. The summed E-state index contributed by atoms with van der Waals surface area (Å²) in [5.74, 6) is 0.201. The third-order valence-electron chi connectivity index (χ3n) is 5.36. The van der Waals surface area contributed by atoms with Crippen molar-refractivity contribution in [1.82, 2.24) is 4.90 Å². The second kappa shape index (κ2) is 10.0. The number of hydrogen-bond donors (Lipinski definition) is 0. The normalized spacial score (nSPS) is 16.4. The smallest absolute Gasteiger partial charge is 0.241 e. The van der Waals surface area contributed by atoms with Crippen LogP contribution in [0.5, 0.6) is 5.75 Å². The van der Waals surface area contributed by atoms with Crippen LogP contribution in [0.2, 0.25) is 0 Å². The number of methoxy groups -OCH3 is 1. The van der Waals surface area contributed by atoms with Gasteiger partial charge in [0, 0.05) is 12.6 Å². The van der Waals surface area contributed by atoms with Gasteiger partial charge in [0.1, 0.15) is 11.6 Å². The maximum Gasteiger partial charge on any atom is 0.241 e. The lowest BCUT2D eigenvalue weighted by Gasteiger charge is -2.28. The summed E-state index contributed by atoms with van der Waals surface area (Å²) in [5.41, 5.74) is 1.43. The molecule has 1 heterocycles. The monoisotopic (exact) mass is 395 g/mol. The van der Waals surface area contributed by atoms with Gasteiger partial charge in [-0.3, -0.25) is 9.69 Å². The van der Waals surface area contributed by atoms with Gasteiger partial charge in [-0.05, 0) is 55.6 Å². The van der Waals surface area contributed by atoms with E-state index in [-0.39, 0.29) is 37.1 Å². The Hall–Kier alpha value is -2.91. The maximum absolute atomic E-state index is 14.3. The summed E-state index contributed by atoms with van der Waals surface area (Å²) in [6, 6.07) is 16.5. The van der Waals surface area contributed by atoms with Crippen LogP contribution in [-0.4, -0.2) is 43.6 Å². The molecule has 0 aliphatic carbocycles. The molecular formula is C23H26FN3O2. The Balaban J connectivity index is 1.69. The van der Waals surface area contributed by atoms with E-state index in [0.29, 0.717) is 0 Å². The Kier molecular flexibility index (Phi) is 7.20. The van der Waals surface area contributed by atoms with Gasteiger partial charge in [0.15, 0.2) is 0 Å². The molecule has 1 aliphatic rings. The van der Waals surface area contributed by atoms with Crippen LogP contribution in [0.15, 0.2) is 48.5 Å². The topological polar surface area (TPSA) is 56.6 Å². The fourth-order valence-corrected chi connectivity index (χ4v) is 3.84. The quantitative estimate of drug-likeness (QED) is 0.682. The molecule has 0 bridgehead atoms. The first kappa shape index (κ1) is 20.8. The van der Waals surface area contributed by atoms with Crippen LogP contribution in [0.4, 0.5) is 10.1 Å². The van der Waals surface area contributed by atoms with E-state index < -0.39 is 5.82 Å². The maximum atomic E-state index is 14.3. The first-order chi connectivity index (χ1) is 14.1. The number of nitriles is 1.